The van der Waals surface area contributed by atoms with E-state index >= 15 is 0 Å². The number of aliphatic hydroxyl groups excluding tert-OH is 1. The van der Waals surface area contributed by atoms with Gasteiger partial charge in [-0.25, -0.2) is 0 Å². The van der Waals surface area contributed by atoms with Gasteiger partial charge in [0.2, 0.25) is 0 Å². The topological polar surface area (TPSA) is 94.9 Å². The molecule has 24 heavy (non-hydrogen) atoms. The van der Waals surface area contributed by atoms with Gasteiger partial charge >= 0.3 is 0 Å². The molecule has 0 fully saturated rings. The largest absolute Gasteiger partial charge is 0.453 e. The van der Waals surface area contributed by atoms with E-state index in [0.717, 1.165) is 11.4 Å². The van der Waals surface area contributed by atoms with Crippen molar-refractivity contribution in [3.8, 4) is 23.6 Å². The Bertz CT molecular complexity index is 800. The molecule has 0 aliphatic carbocycles. The summed E-state index contributed by atoms with van der Waals surface area (Å²) in [4.78, 5) is 0. The fraction of sp³-hybridized carbons (Fsp3) is 0.389. The minimum Gasteiger partial charge on any atom is -0.453 e. The van der Waals surface area contributed by atoms with Gasteiger partial charge in [-0.3, -0.25) is 4.68 Å². The van der Waals surface area contributed by atoms with Crippen LogP contribution in [-0.2, 0) is 12.0 Å². The summed E-state index contributed by atoms with van der Waals surface area (Å²) in [5, 5.41) is 32.0. The Balaban J connectivity index is 2.54. The van der Waals surface area contributed by atoms with E-state index < -0.39 is 0 Å². The average molecular weight is 324 g/mol. The monoisotopic (exact) mass is 324 g/mol. The molecule has 0 saturated heterocycles. The molecule has 1 heterocycles. The van der Waals surface area contributed by atoms with Crippen LogP contribution in [0.1, 0.15) is 43.3 Å². The van der Waals surface area contributed by atoms with Gasteiger partial charge in [-0.1, -0.05) is 20.8 Å². The molecule has 1 aromatic heterocycles. The van der Waals surface area contributed by atoms with Crippen molar-refractivity contribution < 1.29 is 9.84 Å². The summed E-state index contributed by atoms with van der Waals surface area (Å²) in [5.41, 5.74) is 2.01. The Kier molecular flexibility index (Phi) is 4.92. The van der Waals surface area contributed by atoms with Crippen molar-refractivity contribution in [2.24, 2.45) is 0 Å². The maximum absolute atomic E-state index is 9.20. The van der Waals surface area contributed by atoms with Crippen LogP contribution in [0.5, 0.6) is 11.5 Å². The third kappa shape index (κ3) is 3.56. The highest BCUT2D eigenvalue weighted by molar-refractivity contribution is 5.48. The normalized spacial score (nSPS) is 11.0. The predicted molar refractivity (Wildman–Crippen MR) is 88.7 cm³/mol. The van der Waals surface area contributed by atoms with Crippen molar-refractivity contribution in [1.82, 2.24) is 9.78 Å². The lowest BCUT2D eigenvalue weighted by atomic mass is 9.91. The van der Waals surface area contributed by atoms with Gasteiger partial charge in [-0.05, 0) is 25.1 Å². The van der Waals surface area contributed by atoms with Crippen molar-refractivity contribution in [1.29, 1.82) is 10.5 Å². The molecular formula is C18H20N4O2. The van der Waals surface area contributed by atoms with Crippen molar-refractivity contribution in [2.75, 3.05) is 6.61 Å². The first kappa shape index (κ1) is 17.5. The van der Waals surface area contributed by atoms with Crippen LogP contribution in [0.3, 0.4) is 0 Å². The maximum atomic E-state index is 9.20. The summed E-state index contributed by atoms with van der Waals surface area (Å²) in [6, 6.07) is 8.76. The van der Waals surface area contributed by atoms with Crippen LogP contribution in [0.25, 0.3) is 0 Å². The smallest absolute Gasteiger partial charge is 0.171 e. The quantitative estimate of drug-likeness (QED) is 0.932. The van der Waals surface area contributed by atoms with Crippen LogP contribution in [0.15, 0.2) is 18.2 Å². The van der Waals surface area contributed by atoms with Gasteiger partial charge in [0.25, 0.3) is 0 Å². The van der Waals surface area contributed by atoms with Gasteiger partial charge < -0.3 is 9.84 Å². The molecule has 0 spiro atoms. The summed E-state index contributed by atoms with van der Waals surface area (Å²) in [6.45, 7) is 8.30. The number of hydrogen-bond acceptors (Lipinski definition) is 5. The number of hydrogen-bond donors (Lipinski definition) is 1. The fourth-order valence-corrected chi connectivity index (χ4v) is 2.36. The van der Waals surface area contributed by atoms with Crippen LogP contribution in [-0.4, -0.2) is 21.5 Å². The molecule has 0 unspecified atom stereocenters. The second-order valence-electron chi connectivity index (χ2n) is 6.53. The maximum Gasteiger partial charge on any atom is 0.171 e. The van der Waals surface area contributed by atoms with Crippen LogP contribution < -0.4 is 4.74 Å². The second-order valence-corrected chi connectivity index (χ2v) is 6.53. The average Bonchev–Trinajstić information content (AvgIpc) is 2.84. The standard InChI is InChI=1S/C18H20N4O2/c1-12-16(17(18(2,3)4)21-22(12)5-6-23)24-15-8-13(10-19)7-14(9-15)11-20/h7-9,23H,5-6H2,1-4H3. The van der Waals surface area contributed by atoms with Crippen LogP contribution in [0, 0.1) is 29.6 Å². The van der Waals surface area contributed by atoms with Gasteiger partial charge in [0.15, 0.2) is 5.75 Å². The summed E-state index contributed by atoms with van der Waals surface area (Å²) in [7, 11) is 0. The third-order valence-electron chi connectivity index (χ3n) is 3.56. The van der Waals surface area contributed by atoms with Gasteiger partial charge in [0, 0.05) is 5.41 Å². The molecule has 2 aromatic rings. The Morgan fingerprint density at radius 2 is 1.75 bits per heavy atom. The van der Waals surface area contributed by atoms with Crippen LogP contribution in [0.4, 0.5) is 0 Å². The number of benzene rings is 1. The van der Waals surface area contributed by atoms with E-state index in [4.69, 9.17) is 15.3 Å². The highest BCUT2D eigenvalue weighted by Crippen LogP contribution is 2.36. The Labute approximate surface area is 141 Å². The molecular weight excluding hydrogens is 304 g/mol. The summed E-state index contributed by atoms with van der Waals surface area (Å²) >= 11 is 0. The molecule has 124 valence electrons. The Morgan fingerprint density at radius 1 is 1.17 bits per heavy atom. The molecule has 0 radical (unpaired) electrons. The second kappa shape index (κ2) is 6.74. The molecule has 0 aliphatic rings. The van der Waals surface area contributed by atoms with Gasteiger partial charge in [-0.15, -0.1) is 0 Å². The summed E-state index contributed by atoms with van der Waals surface area (Å²) in [5.74, 6) is 1.01. The highest BCUT2D eigenvalue weighted by atomic mass is 16.5. The number of ether oxygens (including phenoxy) is 1. The van der Waals surface area contributed by atoms with E-state index in [9.17, 15) is 5.11 Å². The molecule has 2 rings (SSSR count). The van der Waals surface area contributed by atoms with Crippen molar-refractivity contribution >= 4 is 0 Å². The minimum absolute atomic E-state index is 0.0198. The molecule has 0 bridgehead atoms. The lowest BCUT2D eigenvalue weighted by Gasteiger charge is -2.17. The van der Waals surface area contributed by atoms with E-state index in [2.05, 4.69) is 5.10 Å². The molecule has 1 N–H and O–H groups in total. The minimum atomic E-state index is -0.258. The molecule has 0 atom stereocenters. The highest BCUT2D eigenvalue weighted by Gasteiger charge is 2.27. The number of nitriles is 2. The predicted octanol–water partition coefficient (Wildman–Crippen LogP) is 3.02. The third-order valence-corrected chi connectivity index (χ3v) is 3.56. The van der Waals surface area contributed by atoms with Crippen molar-refractivity contribution in [2.45, 2.75) is 39.7 Å². The van der Waals surface area contributed by atoms with E-state index in [1.807, 2.05) is 39.8 Å². The molecule has 1 aromatic carbocycles. The number of rotatable bonds is 4. The van der Waals surface area contributed by atoms with Crippen molar-refractivity contribution in [3.63, 3.8) is 0 Å². The van der Waals surface area contributed by atoms with E-state index in [1.54, 1.807) is 16.8 Å². The van der Waals surface area contributed by atoms with E-state index in [0.29, 0.717) is 29.2 Å². The summed E-state index contributed by atoms with van der Waals surface area (Å²) < 4.78 is 7.72. The SMILES string of the molecule is Cc1c(Oc2cc(C#N)cc(C#N)c2)c(C(C)(C)C)nn1CCO. The lowest BCUT2D eigenvalue weighted by molar-refractivity contribution is 0.267. The number of nitrogens with zero attached hydrogens (tertiary/aromatic N) is 4. The van der Waals surface area contributed by atoms with Gasteiger partial charge in [0.1, 0.15) is 11.4 Å². The van der Waals surface area contributed by atoms with Gasteiger partial charge in [-0.2, -0.15) is 15.6 Å². The van der Waals surface area contributed by atoms with E-state index in [-0.39, 0.29) is 12.0 Å². The molecule has 6 heteroatoms. The molecule has 6 nitrogen and oxygen atoms in total. The Hall–Kier alpha value is -2.83. The first-order valence-corrected chi connectivity index (χ1v) is 7.62. The molecule has 0 aliphatic heterocycles. The zero-order chi connectivity index (χ0) is 17.9. The number of aromatic nitrogens is 2. The van der Waals surface area contributed by atoms with Crippen molar-refractivity contribution in [3.05, 3.63) is 40.7 Å². The summed E-state index contributed by atoms with van der Waals surface area (Å²) in [6.07, 6.45) is 0. The first-order valence-electron chi connectivity index (χ1n) is 7.62. The van der Waals surface area contributed by atoms with Crippen LogP contribution in [0.2, 0.25) is 0 Å². The van der Waals surface area contributed by atoms with Gasteiger partial charge in [0.05, 0.1) is 42.1 Å². The van der Waals surface area contributed by atoms with Crippen LogP contribution >= 0.6 is 0 Å². The zero-order valence-corrected chi connectivity index (χ0v) is 14.3. The molecule has 0 saturated carbocycles. The lowest BCUT2D eigenvalue weighted by Crippen LogP contribution is -2.14. The molecule has 0 amide bonds. The zero-order valence-electron chi connectivity index (χ0n) is 14.3. The van der Waals surface area contributed by atoms with E-state index in [1.165, 1.54) is 6.07 Å². The fourth-order valence-electron chi connectivity index (χ4n) is 2.36. The Morgan fingerprint density at radius 3 is 2.21 bits per heavy atom. The first-order chi connectivity index (χ1) is 11.3. The number of aliphatic hydroxyl groups is 1.